The first kappa shape index (κ1) is 32.9. The third-order valence-corrected chi connectivity index (χ3v) is 9.64. The summed E-state index contributed by atoms with van der Waals surface area (Å²) in [6.07, 6.45) is 10.2. The van der Waals surface area contributed by atoms with E-state index in [-0.39, 0.29) is 30.8 Å². The van der Waals surface area contributed by atoms with Crippen LogP contribution in [0.2, 0.25) is 0 Å². The lowest BCUT2D eigenvalue weighted by Crippen LogP contribution is -2.63. The molecule has 2 aromatic carbocycles. The van der Waals surface area contributed by atoms with Crippen LogP contribution in [0, 0.1) is 5.92 Å². The van der Waals surface area contributed by atoms with Crippen LogP contribution >= 0.6 is 11.6 Å². The molecule has 2 aromatic rings. The van der Waals surface area contributed by atoms with Crippen LogP contribution in [-0.2, 0) is 42.2 Å². The summed E-state index contributed by atoms with van der Waals surface area (Å²) in [5.41, 5.74) is 5.40. The average Bonchev–Trinajstić information content (AvgIpc) is 3.45. The van der Waals surface area contributed by atoms with Crippen molar-refractivity contribution in [3.63, 3.8) is 0 Å². The Hall–Kier alpha value is -3.51. The molecule has 45 heavy (non-hydrogen) atoms. The number of nitrogens with one attached hydrogen (secondary N) is 2. The normalized spacial score (nSPS) is 24.6. The van der Waals surface area contributed by atoms with Crippen LogP contribution in [0.1, 0.15) is 65.1 Å². The van der Waals surface area contributed by atoms with Gasteiger partial charge in [-0.2, -0.15) is 0 Å². The fourth-order valence-corrected chi connectivity index (χ4v) is 7.67. The summed E-state index contributed by atoms with van der Waals surface area (Å²) >= 11 is 6.38. The zero-order valence-corrected chi connectivity index (χ0v) is 26.9. The molecule has 3 aliphatic rings. The Morgan fingerprint density at radius 2 is 1.76 bits per heavy atom. The van der Waals surface area contributed by atoms with Crippen LogP contribution in [0.4, 0.5) is 0 Å². The summed E-state index contributed by atoms with van der Waals surface area (Å²) in [7, 11) is -2.19. The molecular formula is C33H38ClN3O7S. The number of sulfonamides is 1. The van der Waals surface area contributed by atoms with Gasteiger partial charge < -0.3 is 9.64 Å². The number of allylic oxidation sites excluding steroid dienone is 2. The molecule has 1 heterocycles. The van der Waals surface area contributed by atoms with Crippen LogP contribution in [0.25, 0.3) is 0 Å². The topological polar surface area (TPSA) is 131 Å². The second kappa shape index (κ2) is 14.3. The quantitative estimate of drug-likeness (QED) is 0.275. The molecule has 0 saturated heterocycles. The number of methoxy groups -OCH3 is 1. The van der Waals surface area contributed by atoms with Gasteiger partial charge in [-0.15, -0.1) is 0 Å². The van der Waals surface area contributed by atoms with Gasteiger partial charge in [-0.25, -0.2) is 18.6 Å². The first-order valence-corrected chi connectivity index (χ1v) is 17.3. The van der Waals surface area contributed by atoms with E-state index in [0.29, 0.717) is 35.4 Å². The maximum absolute atomic E-state index is 14.3. The predicted octanol–water partition coefficient (Wildman–Crippen LogP) is 4.12. The van der Waals surface area contributed by atoms with Gasteiger partial charge in [-0.3, -0.25) is 19.2 Å². The van der Waals surface area contributed by atoms with Crippen molar-refractivity contribution in [2.24, 2.45) is 5.92 Å². The van der Waals surface area contributed by atoms with Crippen LogP contribution in [-0.4, -0.2) is 62.6 Å². The zero-order valence-electron chi connectivity index (χ0n) is 25.3. The van der Waals surface area contributed by atoms with Gasteiger partial charge in [0.2, 0.25) is 10.0 Å². The van der Waals surface area contributed by atoms with Gasteiger partial charge in [-0.1, -0.05) is 79.1 Å². The van der Waals surface area contributed by atoms with Crippen molar-refractivity contribution in [3.8, 4) is 0 Å². The Balaban J connectivity index is 1.41. The van der Waals surface area contributed by atoms with E-state index in [0.717, 1.165) is 30.2 Å². The average molecular weight is 656 g/mol. The molecule has 1 saturated carbocycles. The van der Waals surface area contributed by atoms with Gasteiger partial charge in [0.1, 0.15) is 0 Å². The molecule has 10 nitrogen and oxygen atoms in total. The molecule has 5 atom stereocenters. The summed E-state index contributed by atoms with van der Waals surface area (Å²) in [5, 5.41) is 0.506. The van der Waals surface area contributed by atoms with E-state index >= 15 is 0 Å². The number of nitrogens with zero attached hydrogens (tertiary/aromatic N) is 1. The van der Waals surface area contributed by atoms with Crippen molar-refractivity contribution < 1.29 is 32.4 Å². The lowest BCUT2D eigenvalue weighted by atomic mass is 9.74. The summed E-state index contributed by atoms with van der Waals surface area (Å²) in [6.45, 7) is 0.0999. The molecule has 2 N–H and O–H groups in total. The van der Waals surface area contributed by atoms with Gasteiger partial charge in [0.15, 0.2) is 0 Å². The molecule has 1 fully saturated rings. The van der Waals surface area contributed by atoms with Crippen LogP contribution < -0.4 is 10.2 Å². The minimum Gasteiger partial charge on any atom is -0.469 e. The first-order chi connectivity index (χ1) is 21.6. The number of esters is 1. The second-order valence-electron chi connectivity index (χ2n) is 11.8. The van der Waals surface area contributed by atoms with E-state index in [9.17, 15) is 22.8 Å². The number of benzene rings is 2. The summed E-state index contributed by atoms with van der Waals surface area (Å²) in [5.74, 6) is -2.15. The van der Waals surface area contributed by atoms with E-state index in [1.807, 2.05) is 36.4 Å². The Labute approximate surface area is 268 Å². The lowest BCUT2D eigenvalue weighted by Gasteiger charge is -2.50. The molecule has 1 aliphatic heterocycles. The van der Waals surface area contributed by atoms with E-state index in [1.54, 1.807) is 35.2 Å². The highest BCUT2D eigenvalue weighted by atomic mass is 35.5. The molecule has 0 aromatic heterocycles. The van der Waals surface area contributed by atoms with Crippen LogP contribution in [0.15, 0.2) is 71.8 Å². The van der Waals surface area contributed by atoms with Crippen molar-refractivity contribution in [1.29, 1.82) is 0 Å². The summed E-state index contributed by atoms with van der Waals surface area (Å²) < 4.78 is 32.1. The predicted molar refractivity (Wildman–Crippen MR) is 169 cm³/mol. The molecule has 0 bridgehead atoms. The number of rotatable bonds is 11. The first-order valence-electron chi connectivity index (χ1n) is 15.1. The Morgan fingerprint density at radius 1 is 1.04 bits per heavy atom. The molecule has 240 valence electrons. The largest absolute Gasteiger partial charge is 0.469 e. The number of fused-ring (bicyclic) bond motifs is 1. The van der Waals surface area contributed by atoms with E-state index in [1.165, 1.54) is 7.11 Å². The molecule has 2 amide bonds. The minimum absolute atomic E-state index is 0.0999. The number of hydroxylamine groups is 1. The molecule has 2 aliphatic carbocycles. The number of halogens is 1. The minimum atomic E-state index is -3.55. The highest BCUT2D eigenvalue weighted by Crippen LogP contribution is 2.43. The number of hydrogen-bond donors (Lipinski definition) is 2. The Bertz CT molecular complexity index is 1590. The van der Waals surface area contributed by atoms with Crippen molar-refractivity contribution >= 4 is 39.4 Å². The maximum Gasteiger partial charge on any atom is 0.305 e. The standard InChI is InChI=1S/C33H38ClN3O7S/c1-43-29(38)18-15-21-11-13-22(14-12-21)20-44-35-32(39)30-25-7-3-4-8-26(25)33(40)37(31(30)23-16-17-24(34)19-23)28-10-6-5-9-27(28)36-45(2,41)42/h3-4,7-8,11-14,16-17,19,23,27-28,30-31,36H,5-6,9-10,15,18,20H2,1-2H3,(H,35,39)/t23?,27-,28-,30+,31?/m0/s1. The molecule has 12 heteroatoms. The number of hydrogen-bond acceptors (Lipinski definition) is 7. The fraction of sp³-hybridized carbons (Fsp3) is 0.424. The van der Waals surface area contributed by atoms with Crippen molar-refractivity contribution in [2.75, 3.05) is 13.4 Å². The Kier molecular flexibility index (Phi) is 10.4. The maximum atomic E-state index is 14.3. The molecule has 2 unspecified atom stereocenters. The van der Waals surface area contributed by atoms with Gasteiger partial charge in [-0.05, 0) is 48.1 Å². The van der Waals surface area contributed by atoms with E-state index in [2.05, 4.69) is 10.2 Å². The number of carbonyl (C=O) groups excluding carboxylic acids is 3. The third-order valence-electron chi connectivity index (χ3n) is 8.66. The SMILES string of the molecule is COC(=O)CCc1ccc(CONC(=O)[C@@H]2c3ccccc3C(=O)N([C@H]3CCCC[C@@H]3NS(C)(=O)=O)C2C2C=CC(Cl)=C2)cc1. The van der Waals surface area contributed by atoms with Crippen LogP contribution in [0.5, 0.6) is 0 Å². The van der Waals surface area contributed by atoms with Gasteiger partial charge in [0, 0.05) is 35.0 Å². The summed E-state index contributed by atoms with van der Waals surface area (Å²) in [6, 6.07) is 12.9. The number of aryl methyl sites for hydroxylation is 1. The number of amides is 2. The monoisotopic (exact) mass is 655 g/mol. The highest BCUT2D eigenvalue weighted by molar-refractivity contribution is 7.88. The van der Waals surface area contributed by atoms with Gasteiger partial charge in [0.25, 0.3) is 11.8 Å². The Morgan fingerprint density at radius 3 is 2.44 bits per heavy atom. The molecular weight excluding hydrogens is 618 g/mol. The van der Waals surface area contributed by atoms with Gasteiger partial charge >= 0.3 is 5.97 Å². The zero-order chi connectivity index (χ0) is 32.1. The smallest absolute Gasteiger partial charge is 0.305 e. The van der Waals surface area contributed by atoms with Crippen molar-refractivity contribution in [3.05, 3.63) is 94.0 Å². The highest BCUT2D eigenvalue weighted by Gasteiger charge is 2.50. The van der Waals surface area contributed by atoms with Crippen molar-refractivity contribution in [2.45, 2.75) is 69.2 Å². The number of ether oxygens (including phenoxy) is 1. The lowest BCUT2D eigenvalue weighted by molar-refractivity contribution is -0.140. The number of carbonyl (C=O) groups is 3. The van der Waals surface area contributed by atoms with Gasteiger partial charge in [0.05, 0.1) is 31.9 Å². The van der Waals surface area contributed by atoms with Crippen molar-refractivity contribution in [1.82, 2.24) is 15.1 Å². The van der Waals surface area contributed by atoms with E-state index < -0.39 is 40.0 Å². The van der Waals surface area contributed by atoms with Crippen LogP contribution in [0.3, 0.4) is 0 Å². The third kappa shape index (κ3) is 7.84. The molecule has 0 spiro atoms. The molecule has 5 rings (SSSR count). The van der Waals surface area contributed by atoms with E-state index in [4.69, 9.17) is 21.2 Å². The summed E-state index contributed by atoms with van der Waals surface area (Å²) in [4.78, 5) is 47.2. The second-order valence-corrected chi connectivity index (χ2v) is 14.0. The molecule has 0 radical (unpaired) electrons. The fourth-order valence-electron chi connectivity index (χ4n) is 6.63.